The lowest BCUT2D eigenvalue weighted by Gasteiger charge is -2.07. The third-order valence-electron chi connectivity index (χ3n) is 3.30. The van der Waals surface area contributed by atoms with Gasteiger partial charge in [-0.25, -0.2) is 9.78 Å². The number of esters is 1. The number of carbonyl (C=O) groups is 1. The van der Waals surface area contributed by atoms with Gasteiger partial charge in [0.2, 0.25) is 0 Å². The molecule has 3 aromatic rings. The van der Waals surface area contributed by atoms with Crippen LogP contribution in [0.5, 0.6) is 0 Å². The first kappa shape index (κ1) is 15.7. The van der Waals surface area contributed by atoms with Crippen molar-refractivity contribution in [1.82, 2.24) is 9.55 Å². The summed E-state index contributed by atoms with van der Waals surface area (Å²) in [5.41, 5.74) is 0.647. The number of rotatable bonds is 5. The summed E-state index contributed by atoms with van der Waals surface area (Å²) in [6.07, 6.45) is 3.16. The Balaban J connectivity index is 1.93. The summed E-state index contributed by atoms with van der Waals surface area (Å²) in [6, 6.07) is 1.98. The summed E-state index contributed by atoms with van der Waals surface area (Å²) in [5, 5.41) is 5.02. The lowest BCUT2D eigenvalue weighted by Crippen LogP contribution is -2.22. The van der Waals surface area contributed by atoms with Gasteiger partial charge in [-0.3, -0.25) is 4.79 Å². The van der Waals surface area contributed by atoms with Crippen LogP contribution in [0.3, 0.4) is 0 Å². The van der Waals surface area contributed by atoms with Gasteiger partial charge in [-0.2, -0.15) is 0 Å². The molecule has 120 valence electrons. The van der Waals surface area contributed by atoms with E-state index in [9.17, 15) is 9.59 Å². The zero-order chi connectivity index (χ0) is 16.4. The normalized spacial score (nSPS) is 10.9. The van der Waals surface area contributed by atoms with Crippen LogP contribution in [0.1, 0.15) is 22.2 Å². The summed E-state index contributed by atoms with van der Waals surface area (Å²) in [7, 11) is 1.67. The van der Waals surface area contributed by atoms with Crippen molar-refractivity contribution in [3.63, 3.8) is 0 Å². The zero-order valence-electron chi connectivity index (χ0n) is 12.7. The Bertz CT molecular complexity index is 910. The molecule has 0 fully saturated rings. The second-order valence-electron chi connectivity index (χ2n) is 4.79. The van der Waals surface area contributed by atoms with Gasteiger partial charge in [-0.05, 0) is 18.4 Å². The van der Waals surface area contributed by atoms with Gasteiger partial charge < -0.3 is 14.6 Å². The smallest absolute Gasteiger partial charge is 0.348 e. The molecule has 0 aliphatic carbocycles. The molecular formula is C15H15N3O3S2. The highest BCUT2D eigenvalue weighted by molar-refractivity contribution is 7.28. The van der Waals surface area contributed by atoms with E-state index >= 15 is 0 Å². The van der Waals surface area contributed by atoms with Crippen molar-refractivity contribution in [3.05, 3.63) is 44.6 Å². The first-order valence-corrected chi connectivity index (χ1v) is 8.73. The molecule has 0 bridgehead atoms. The molecule has 0 radical (unpaired) electrons. The Kier molecular flexibility index (Phi) is 4.44. The van der Waals surface area contributed by atoms with Crippen LogP contribution in [0.4, 0.5) is 5.82 Å². The highest BCUT2D eigenvalue weighted by atomic mass is 32.1. The molecule has 0 aromatic carbocycles. The highest BCUT2D eigenvalue weighted by Crippen LogP contribution is 2.36. The topological polar surface area (TPSA) is 73.2 Å². The van der Waals surface area contributed by atoms with Crippen LogP contribution >= 0.6 is 22.7 Å². The molecule has 6 nitrogen and oxygen atoms in total. The lowest BCUT2D eigenvalue weighted by molar-refractivity contribution is 0.0531. The van der Waals surface area contributed by atoms with Crippen molar-refractivity contribution in [2.45, 2.75) is 13.5 Å². The number of nitrogens with one attached hydrogen (secondary N) is 1. The van der Waals surface area contributed by atoms with E-state index in [-0.39, 0.29) is 17.3 Å². The molecule has 23 heavy (non-hydrogen) atoms. The summed E-state index contributed by atoms with van der Waals surface area (Å²) in [4.78, 5) is 28.8. The molecule has 3 rings (SSSR count). The van der Waals surface area contributed by atoms with E-state index in [1.807, 2.05) is 11.4 Å². The summed E-state index contributed by atoms with van der Waals surface area (Å²) < 4.78 is 8.67. The van der Waals surface area contributed by atoms with Crippen molar-refractivity contribution in [3.8, 4) is 0 Å². The minimum absolute atomic E-state index is 0.206. The third-order valence-corrected chi connectivity index (χ3v) is 5.58. The highest BCUT2D eigenvalue weighted by Gasteiger charge is 2.20. The van der Waals surface area contributed by atoms with Crippen molar-refractivity contribution in [2.24, 2.45) is 7.05 Å². The predicted molar refractivity (Wildman–Crippen MR) is 92.5 cm³/mol. The average molecular weight is 349 g/mol. The largest absolute Gasteiger partial charge is 0.462 e. The second kappa shape index (κ2) is 6.51. The Morgan fingerprint density at radius 3 is 3.09 bits per heavy atom. The number of aryl methyl sites for hydroxylation is 1. The Morgan fingerprint density at radius 1 is 1.48 bits per heavy atom. The first-order valence-electron chi connectivity index (χ1n) is 7.03. The number of ether oxygens (including phenoxy) is 1. The average Bonchev–Trinajstić information content (AvgIpc) is 3.10. The molecule has 0 unspecified atom stereocenters. The molecule has 0 amide bonds. The molecular weight excluding hydrogens is 334 g/mol. The molecule has 0 aliphatic rings. The maximum Gasteiger partial charge on any atom is 0.348 e. The van der Waals surface area contributed by atoms with Crippen molar-refractivity contribution in [1.29, 1.82) is 0 Å². The number of anilines is 1. The zero-order valence-corrected chi connectivity index (χ0v) is 14.3. The van der Waals surface area contributed by atoms with Crippen LogP contribution in [0.25, 0.3) is 9.40 Å². The monoisotopic (exact) mass is 349 g/mol. The fourth-order valence-electron chi connectivity index (χ4n) is 2.19. The van der Waals surface area contributed by atoms with Crippen LogP contribution in [0, 0.1) is 0 Å². The SMILES string of the molecule is CCOC(=O)c1sc2ccsc2c1CNc1nccn(C)c1=O. The second-order valence-corrected chi connectivity index (χ2v) is 6.76. The molecule has 3 aromatic heterocycles. The number of carbonyl (C=O) groups excluding carboxylic acids is 1. The first-order chi connectivity index (χ1) is 11.1. The molecule has 0 spiro atoms. The Hall–Kier alpha value is -2.19. The number of aromatic nitrogens is 2. The quantitative estimate of drug-likeness (QED) is 0.717. The van der Waals surface area contributed by atoms with Gasteiger partial charge >= 0.3 is 5.97 Å². The summed E-state index contributed by atoms with van der Waals surface area (Å²) in [6.45, 7) is 2.46. The molecule has 1 N–H and O–H groups in total. The fraction of sp³-hybridized carbons (Fsp3) is 0.267. The molecule has 0 atom stereocenters. The molecule has 3 heterocycles. The maximum absolute atomic E-state index is 12.1. The fourth-order valence-corrected chi connectivity index (χ4v) is 4.46. The van der Waals surface area contributed by atoms with Crippen molar-refractivity contribution < 1.29 is 9.53 Å². The van der Waals surface area contributed by atoms with Gasteiger partial charge in [0.15, 0.2) is 5.82 Å². The minimum Gasteiger partial charge on any atom is -0.462 e. The van der Waals surface area contributed by atoms with Gasteiger partial charge in [-0.1, -0.05) is 0 Å². The number of fused-ring (bicyclic) bond motifs is 1. The summed E-state index contributed by atoms with van der Waals surface area (Å²) >= 11 is 2.98. The molecule has 8 heteroatoms. The van der Waals surface area contributed by atoms with E-state index in [4.69, 9.17) is 4.74 Å². The van der Waals surface area contributed by atoms with Crippen molar-refractivity contribution in [2.75, 3.05) is 11.9 Å². The van der Waals surface area contributed by atoms with Crippen LogP contribution in [-0.2, 0) is 18.3 Å². The van der Waals surface area contributed by atoms with Gasteiger partial charge in [0.25, 0.3) is 5.56 Å². The standard InChI is InChI=1S/C15H15N3O3S2/c1-3-21-15(20)12-9(11-10(23-12)4-7-22-11)8-17-13-14(19)18(2)6-5-16-13/h4-7H,3,8H2,1-2H3,(H,16,17). The molecule has 0 saturated heterocycles. The number of nitrogens with zero attached hydrogens (tertiary/aromatic N) is 2. The van der Waals surface area contributed by atoms with E-state index < -0.39 is 0 Å². The lowest BCUT2D eigenvalue weighted by atomic mass is 10.2. The van der Waals surface area contributed by atoms with Crippen LogP contribution in [-0.4, -0.2) is 22.1 Å². The van der Waals surface area contributed by atoms with E-state index in [0.717, 1.165) is 15.0 Å². The molecule has 0 saturated carbocycles. The summed E-state index contributed by atoms with van der Waals surface area (Å²) in [5.74, 6) is -0.0626. The Morgan fingerprint density at radius 2 is 2.30 bits per heavy atom. The van der Waals surface area contributed by atoms with Crippen molar-refractivity contribution >= 4 is 43.9 Å². The third kappa shape index (κ3) is 2.99. The van der Waals surface area contributed by atoms with Gasteiger partial charge in [0.05, 0.1) is 11.3 Å². The van der Waals surface area contributed by atoms with Crippen LogP contribution < -0.4 is 10.9 Å². The number of thiophene rings is 2. The van der Waals surface area contributed by atoms with E-state index in [1.54, 1.807) is 37.7 Å². The van der Waals surface area contributed by atoms with E-state index in [2.05, 4.69) is 10.3 Å². The minimum atomic E-state index is -0.327. The van der Waals surface area contributed by atoms with E-state index in [0.29, 0.717) is 18.0 Å². The number of hydrogen-bond acceptors (Lipinski definition) is 7. The van der Waals surface area contributed by atoms with Gasteiger partial charge in [-0.15, -0.1) is 22.7 Å². The maximum atomic E-state index is 12.1. The molecule has 0 aliphatic heterocycles. The predicted octanol–water partition coefficient (Wildman–Crippen LogP) is 2.85. The van der Waals surface area contributed by atoms with Crippen LogP contribution in [0.15, 0.2) is 28.6 Å². The Labute approximate surface area is 140 Å². The van der Waals surface area contributed by atoms with Crippen LogP contribution in [0.2, 0.25) is 0 Å². The van der Waals surface area contributed by atoms with Gasteiger partial charge in [0.1, 0.15) is 4.88 Å². The van der Waals surface area contributed by atoms with Gasteiger partial charge in [0, 0.05) is 36.2 Å². The van der Waals surface area contributed by atoms with E-state index in [1.165, 1.54) is 15.9 Å². The number of hydrogen-bond donors (Lipinski definition) is 1.